The van der Waals surface area contributed by atoms with Gasteiger partial charge < -0.3 is 9.47 Å². The lowest BCUT2D eigenvalue weighted by molar-refractivity contribution is 0.703. The Hall–Kier alpha value is -2.51. The fourth-order valence-corrected chi connectivity index (χ4v) is 2.95. The van der Waals surface area contributed by atoms with Crippen LogP contribution in [0.25, 0.3) is 11.0 Å². The zero-order valence-electron chi connectivity index (χ0n) is 13.1. The number of aryl methyl sites for hydroxylation is 1. The van der Waals surface area contributed by atoms with E-state index in [2.05, 4.69) is 28.5 Å². The minimum Gasteiger partial charge on any atom is -0.367 e. The molecule has 0 saturated heterocycles. The van der Waals surface area contributed by atoms with Crippen molar-refractivity contribution in [2.45, 2.75) is 20.0 Å². The van der Waals surface area contributed by atoms with Crippen LogP contribution in [0.2, 0.25) is 5.02 Å². The summed E-state index contributed by atoms with van der Waals surface area (Å²) in [7, 11) is 2.00. The summed E-state index contributed by atoms with van der Waals surface area (Å²) in [6.07, 6.45) is 0. The highest BCUT2D eigenvalue weighted by Crippen LogP contribution is 2.24. The van der Waals surface area contributed by atoms with E-state index in [1.807, 2.05) is 37.4 Å². The van der Waals surface area contributed by atoms with Crippen LogP contribution in [0.3, 0.4) is 0 Å². The Kier molecular flexibility index (Phi) is 4.22. The lowest BCUT2D eigenvalue weighted by Gasteiger charge is -2.20. The molecule has 0 bridgehead atoms. The third kappa shape index (κ3) is 2.88. The molecule has 0 fully saturated rings. The molecular formula is C18H17ClN4. The zero-order valence-corrected chi connectivity index (χ0v) is 13.9. The first-order chi connectivity index (χ1) is 11.1. The molecule has 2 aromatic carbocycles. The van der Waals surface area contributed by atoms with Crippen molar-refractivity contribution < 1.29 is 0 Å². The van der Waals surface area contributed by atoms with Crippen molar-refractivity contribution in [1.29, 1.82) is 5.26 Å². The number of nitriles is 1. The molecule has 3 rings (SSSR count). The van der Waals surface area contributed by atoms with Crippen LogP contribution in [0.5, 0.6) is 0 Å². The fraction of sp³-hybridized carbons (Fsp3) is 0.222. The normalized spacial score (nSPS) is 10.7. The smallest absolute Gasteiger partial charge is 0.129 e. The summed E-state index contributed by atoms with van der Waals surface area (Å²) in [6, 6.07) is 15.7. The quantitative estimate of drug-likeness (QED) is 0.722. The third-order valence-corrected chi connectivity index (χ3v) is 4.26. The largest absolute Gasteiger partial charge is 0.367 e. The van der Waals surface area contributed by atoms with Crippen LogP contribution in [-0.4, -0.2) is 16.6 Å². The second-order valence-corrected chi connectivity index (χ2v) is 5.80. The van der Waals surface area contributed by atoms with Crippen LogP contribution in [-0.2, 0) is 13.1 Å². The van der Waals surface area contributed by atoms with Gasteiger partial charge in [0, 0.05) is 19.3 Å². The molecule has 0 unspecified atom stereocenters. The van der Waals surface area contributed by atoms with Crippen molar-refractivity contribution in [2.24, 2.45) is 0 Å². The SMILES string of the molecule is CCn1c(CN(C)c2ccc(C#N)c(Cl)c2)nc2ccccc21. The van der Waals surface area contributed by atoms with Gasteiger partial charge in [0.15, 0.2) is 0 Å². The summed E-state index contributed by atoms with van der Waals surface area (Å²) in [5.74, 6) is 1.01. The topological polar surface area (TPSA) is 44.9 Å². The summed E-state index contributed by atoms with van der Waals surface area (Å²) in [5.41, 5.74) is 3.61. The molecule has 0 N–H and O–H groups in total. The number of halogens is 1. The van der Waals surface area contributed by atoms with Crippen LogP contribution in [0.15, 0.2) is 42.5 Å². The zero-order chi connectivity index (χ0) is 16.4. The Labute approximate surface area is 140 Å². The molecule has 116 valence electrons. The number of rotatable bonds is 4. The molecule has 0 aliphatic rings. The van der Waals surface area contributed by atoms with E-state index < -0.39 is 0 Å². The van der Waals surface area contributed by atoms with E-state index in [4.69, 9.17) is 21.8 Å². The first-order valence-corrected chi connectivity index (χ1v) is 7.86. The Balaban J connectivity index is 1.92. The van der Waals surface area contributed by atoms with Gasteiger partial charge in [0.25, 0.3) is 0 Å². The van der Waals surface area contributed by atoms with Gasteiger partial charge in [-0.1, -0.05) is 23.7 Å². The molecule has 1 aromatic heterocycles. The van der Waals surface area contributed by atoms with Gasteiger partial charge in [0.2, 0.25) is 0 Å². The van der Waals surface area contributed by atoms with Crippen LogP contribution in [0, 0.1) is 11.3 Å². The van der Waals surface area contributed by atoms with Crippen LogP contribution in [0.4, 0.5) is 5.69 Å². The molecule has 4 nitrogen and oxygen atoms in total. The fourth-order valence-electron chi connectivity index (χ4n) is 2.73. The van der Waals surface area contributed by atoms with Crippen molar-refractivity contribution >= 4 is 28.3 Å². The number of nitrogens with zero attached hydrogens (tertiary/aromatic N) is 4. The van der Waals surface area contributed by atoms with E-state index in [0.29, 0.717) is 17.1 Å². The molecule has 0 amide bonds. The molecule has 0 spiro atoms. The monoisotopic (exact) mass is 324 g/mol. The van der Waals surface area contributed by atoms with E-state index in [0.717, 1.165) is 29.1 Å². The van der Waals surface area contributed by atoms with E-state index in [1.54, 1.807) is 6.07 Å². The van der Waals surface area contributed by atoms with Crippen LogP contribution >= 0.6 is 11.6 Å². The number of benzene rings is 2. The summed E-state index contributed by atoms with van der Waals surface area (Å²) >= 11 is 6.13. The summed E-state index contributed by atoms with van der Waals surface area (Å²) in [6.45, 7) is 3.67. The van der Waals surface area contributed by atoms with Gasteiger partial charge >= 0.3 is 0 Å². The minimum absolute atomic E-state index is 0.473. The number of hydrogen-bond donors (Lipinski definition) is 0. The maximum atomic E-state index is 8.97. The van der Waals surface area contributed by atoms with Crippen molar-refractivity contribution in [3.05, 3.63) is 58.9 Å². The van der Waals surface area contributed by atoms with E-state index in [-0.39, 0.29) is 0 Å². The highest BCUT2D eigenvalue weighted by molar-refractivity contribution is 6.32. The molecule has 0 atom stereocenters. The average Bonchev–Trinajstić information content (AvgIpc) is 2.91. The van der Waals surface area contributed by atoms with Crippen molar-refractivity contribution in [3.8, 4) is 6.07 Å². The standard InChI is InChI=1S/C18H17ClN4/c1-3-23-17-7-5-4-6-16(17)21-18(23)12-22(2)14-9-8-13(11-20)15(19)10-14/h4-10H,3,12H2,1-2H3. The Morgan fingerprint density at radius 3 is 2.74 bits per heavy atom. The summed E-state index contributed by atoms with van der Waals surface area (Å²) in [5, 5.41) is 9.44. The predicted octanol–water partition coefficient (Wildman–Crippen LogP) is 4.22. The van der Waals surface area contributed by atoms with E-state index >= 15 is 0 Å². The van der Waals surface area contributed by atoms with Gasteiger partial charge in [-0.15, -0.1) is 0 Å². The molecule has 0 radical (unpaired) electrons. The van der Waals surface area contributed by atoms with Crippen molar-refractivity contribution in [2.75, 3.05) is 11.9 Å². The lowest BCUT2D eigenvalue weighted by atomic mass is 10.2. The maximum absolute atomic E-state index is 8.97. The molecule has 1 heterocycles. The second kappa shape index (κ2) is 6.31. The molecular weight excluding hydrogens is 308 g/mol. The first-order valence-electron chi connectivity index (χ1n) is 7.49. The number of fused-ring (bicyclic) bond motifs is 1. The van der Waals surface area contributed by atoms with Crippen molar-refractivity contribution in [1.82, 2.24) is 9.55 Å². The number of para-hydroxylation sites is 2. The Morgan fingerprint density at radius 2 is 2.04 bits per heavy atom. The number of anilines is 1. The molecule has 0 aliphatic carbocycles. The molecule has 0 aliphatic heterocycles. The van der Waals surface area contributed by atoms with Gasteiger partial charge in [-0.2, -0.15) is 5.26 Å². The van der Waals surface area contributed by atoms with E-state index in [1.165, 1.54) is 0 Å². The van der Waals surface area contributed by atoms with Crippen LogP contribution < -0.4 is 4.90 Å². The average molecular weight is 325 g/mol. The van der Waals surface area contributed by atoms with Gasteiger partial charge in [-0.05, 0) is 37.3 Å². The summed E-state index contributed by atoms with van der Waals surface area (Å²) < 4.78 is 2.22. The minimum atomic E-state index is 0.473. The number of aromatic nitrogens is 2. The highest BCUT2D eigenvalue weighted by atomic mass is 35.5. The Morgan fingerprint density at radius 1 is 1.26 bits per heavy atom. The van der Waals surface area contributed by atoms with E-state index in [9.17, 15) is 0 Å². The molecule has 0 saturated carbocycles. The van der Waals surface area contributed by atoms with Gasteiger partial charge in [0.05, 0.1) is 28.2 Å². The van der Waals surface area contributed by atoms with Crippen molar-refractivity contribution in [3.63, 3.8) is 0 Å². The van der Waals surface area contributed by atoms with Gasteiger partial charge in [-0.25, -0.2) is 4.98 Å². The van der Waals surface area contributed by atoms with Gasteiger partial charge in [-0.3, -0.25) is 0 Å². The first kappa shape index (κ1) is 15.4. The maximum Gasteiger partial charge on any atom is 0.129 e. The highest BCUT2D eigenvalue weighted by Gasteiger charge is 2.12. The number of imidazole rings is 1. The molecule has 23 heavy (non-hydrogen) atoms. The molecule has 3 aromatic rings. The molecule has 5 heteroatoms. The van der Waals surface area contributed by atoms with Crippen LogP contribution in [0.1, 0.15) is 18.3 Å². The lowest BCUT2D eigenvalue weighted by Crippen LogP contribution is -2.19. The Bertz CT molecular complexity index is 892. The second-order valence-electron chi connectivity index (χ2n) is 5.39. The third-order valence-electron chi connectivity index (χ3n) is 3.94. The predicted molar refractivity (Wildman–Crippen MR) is 93.7 cm³/mol. The number of hydrogen-bond acceptors (Lipinski definition) is 3. The summed E-state index contributed by atoms with van der Waals surface area (Å²) in [4.78, 5) is 6.82. The van der Waals surface area contributed by atoms with Gasteiger partial charge in [0.1, 0.15) is 11.9 Å².